The van der Waals surface area contributed by atoms with Gasteiger partial charge in [-0.25, -0.2) is 8.42 Å². The summed E-state index contributed by atoms with van der Waals surface area (Å²) in [6.07, 6.45) is 0. The molecular formula is C18H22O5S. The minimum Gasteiger partial charge on any atom is -0.496 e. The number of sulfone groups is 1. The molecule has 0 heterocycles. The van der Waals surface area contributed by atoms with Gasteiger partial charge in [-0.3, -0.25) is 0 Å². The van der Waals surface area contributed by atoms with Gasteiger partial charge in [0.1, 0.15) is 17.2 Å². The molecule has 0 aliphatic rings. The fourth-order valence-corrected chi connectivity index (χ4v) is 3.99. The molecule has 5 nitrogen and oxygen atoms in total. The monoisotopic (exact) mass is 350 g/mol. The highest BCUT2D eigenvalue weighted by molar-refractivity contribution is 7.91. The maximum atomic E-state index is 13.0. The van der Waals surface area contributed by atoms with Crippen molar-refractivity contribution in [2.75, 3.05) is 21.3 Å². The Morgan fingerprint density at radius 3 is 1.79 bits per heavy atom. The van der Waals surface area contributed by atoms with Crippen molar-refractivity contribution in [2.45, 2.75) is 24.0 Å². The molecular weight excluding hydrogens is 328 g/mol. The van der Waals surface area contributed by atoms with Crippen LogP contribution in [0.2, 0.25) is 0 Å². The first-order valence-electron chi connectivity index (χ1n) is 7.45. The van der Waals surface area contributed by atoms with Crippen LogP contribution in [-0.2, 0) is 9.84 Å². The first kappa shape index (κ1) is 18.1. The zero-order valence-electron chi connectivity index (χ0n) is 14.5. The lowest BCUT2D eigenvalue weighted by molar-refractivity contribution is 0.368. The number of rotatable bonds is 6. The second kappa shape index (κ2) is 7.13. The molecule has 24 heavy (non-hydrogen) atoms. The van der Waals surface area contributed by atoms with Gasteiger partial charge in [-0.15, -0.1) is 0 Å². The minimum absolute atomic E-state index is 0.264. The number of aryl methyl sites for hydroxylation is 1. The molecule has 0 N–H and O–H groups in total. The van der Waals surface area contributed by atoms with E-state index >= 15 is 0 Å². The summed E-state index contributed by atoms with van der Waals surface area (Å²) < 4.78 is 41.9. The quantitative estimate of drug-likeness (QED) is 0.797. The van der Waals surface area contributed by atoms with Crippen LogP contribution >= 0.6 is 0 Å². The normalized spacial score (nSPS) is 12.5. The van der Waals surface area contributed by atoms with E-state index in [9.17, 15) is 8.42 Å². The molecule has 0 saturated heterocycles. The summed E-state index contributed by atoms with van der Waals surface area (Å²) in [5, 5.41) is -0.837. The van der Waals surface area contributed by atoms with Crippen LogP contribution in [-0.4, -0.2) is 29.7 Å². The van der Waals surface area contributed by atoms with E-state index in [2.05, 4.69) is 0 Å². The van der Waals surface area contributed by atoms with Gasteiger partial charge in [-0.05, 0) is 26.0 Å². The van der Waals surface area contributed by atoms with Crippen molar-refractivity contribution in [3.63, 3.8) is 0 Å². The average molecular weight is 350 g/mol. The SMILES string of the molecule is COc1cc(OC)c(C(C)S(=O)(=O)c2ccc(C)cc2)c(OC)c1. The smallest absolute Gasteiger partial charge is 0.185 e. The molecule has 2 rings (SSSR count). The molecule has 0 fully saturated rings. The van der Waals surface area contributed by atoms with Gasteiger partial charge in [0.2, 0.25) is 0 Å². The van der Waals surface area contributed by atoms with Crippen LogP contribution in [0, 0.1) is 6.92 Å². The number of ether oxygens (including phenoxy) is 3. The molecule has 2 aromatic carbocycles. The highest BCUT2D eigenvalue weighted by Crippen LogP contribution is 2.42. The van der Waals surface area contributed by atoms with Gasteiger partial charge in [-0.1, -0.05) is 17.7 Å². The van der Waals surface area contributed by atoms with Crippen LogP contribution in [0.25, 0.3) is 0 Å². The third-order valence-corrected chi connectivity index (χ3v) is 6.07. The Hall–Kier alpha value is -2.21. The summed E-state index contributed by atoms with van der Waals surface area (Å²) >= 11 is 0. The average Bonchev–Trinajstić information content (AvgIpc) is 2.60. The maximum absolute atomic E-state index is 13.0. The van der Waals surface area contributed by atoms with Crippen molar-refractivity contribution in [2.24, 2.45) is 0 Å². The third-order valence-electron chi connectivity index (χ3n) is 3.97. The van der Waals surface area contributed by atoms with Gasteiger partial charge in [0, 0.05) is 12.1 Å². The van der Waals surface area contributed by atoms with E-state index in [-0.39, 0.29) is 4.90 Å². The van der Waals surface area contributed by atoms with E-state index in [1.165, 1.54) is 21.3 Å². The largest absolute Gasteiger partial charge is 0.496 e. The minimum atomic E-state index is -3.59. The fraction of sp³-hybridized carbons (Fsp3) is 0.333. The fourth-order valence-electron chi connectivity index (χ4n) is 2.52. The number of benzene rings is 2. The van der Waals surface area contributed by atoms with E-state index in [0.29, 0.717) is 22.8 Å². The van der Waals surface area contributed by atoms with Crippen LogP contribution in [0.4, 0.5) is 0 Å². The summed E-state index contributed by atoms with van der Waals surface area (Å²) in [5.74, 6) is 1.36. The molecule has 0 aliphatic heterocycles. The first-order chi connectivity index (χ1) is 11.3. The Labute approximate surface area is 143 Å². The predicted molar refractivity (Wildman–Crippen MR) is 92.9 cm³/mol. The van der Waals surface area contributed by atoms with Gasteiger partial charge in [-0.2, -0.15) is 0 Å². The first-order valence-corrected chi connectivity index (χ1v) is 9.00. The number of hydrogen-bond acceptors (Lipinski definition) is 5. The van der Waals surface area contributed by atoms with Crippen molar-refractivity contribution in [1.29, 1.82) is 0 Å². The molecule has 0 radical (unpaired) electrons. The van der Waals surface area contributed by atoms with Gasteiger partial charge < -0.3 is 14.2 Å². The van der Waals surface area contributed by atoms with Crippen molar-refractivity contribution in [1.82, 2.24) is 0 Å². The van der Waals surface area contributed by atoms with E-state index in [1.807, 2.05) is 6.92 Å². The van der Waals surface area contributed by atoms with Gasteiger partial charge in [0.05, 0.1) is 37.0 Å². The standard InChI is InChI=1S/C18H22O5S/c1-12-6-8-15(9-7-12)24(19,20)13(2)18-16(22-4)10-14(21-3)11-17(18)23-5/h6-11,13H,1-5H3. The van der Waals surface area contributed by atoms with E-state index in [4.69, 9.17) is 14.2 Å². The zero-order chi connectivity index (χ0) is 17.9. The van der Waals surface area contributed by atoms with Crippen molar-refractivity contribution in [3.8, 4) is 17.2 Å². The maximum Gasteiger partial charge on any atom is 0.185 e. The number of hydrogen-bond donors (Lipinski definition) is 0. The highest BCUT2D eigenvalue weighted by Gasteiger charge is 2.30. The summed E-state index contributed by atoms with van der Waals surface area (Å²) in [4.78, 5) is 0.264. The molecule has 0 bridgehead atoms. The van der Waals surface area contributed by atoms with Crippen LogP contribution in [0.3, 0.4) is 0 Å². The van der Waals surface area contributed by atoms with Crippen LogP contribution < -0.4 is 14.2 Å². The summed E-state index contributed by atoms with van der Waals surface area (Å²) in [6.45, 7) is 3.54. The van der Waals surface area contributed by atoms with E-state index < -0.39 is 15.1 Å². The summed E-state index contributed by atoms with van der Waals surface area (Å²) in [7, 11) is 0.912. The van der Waals surface area contributed by atoms with Crippen molar-refractivity contribution >= 4 is 9.84 Å². The lowest BCUT2D eigenvalue weighted by atomic mass is 10.1. The highest BCUT2D eigenvalue weighted by atomic mass is 32.2. The lowest BCUT2D eigenvalue weighted by Gasteiger charge is -2.20. The molecule has 1 atom stereocenters. The van der Waals surface area contributed by atoms with Crippen LogP contribution in [0.5, 0.6) is 17.2 Å². The molecule has 6 heteroatoms. The Morgan fingerprint density at radius 2 is 1.38 bits per heavy atom. The van der Waals surface area contributed by atoms with E-state index in [1.54, 1.807) is 43.3 Å². The summed E-state index contributed by atoms with van der Waals surface area (Å²) in [6, 6.07) is 10.1. The Morgan fingerprint density at radius 1 is 0.875 bits per heavy atom. The van der Waals surface area contributed by atoms with Gasteiger partial charge in [0.15, 0.2) is 9.84 Å². The Bertz CT molecular complexity index is 785. The van der Waals surface area contributed by atoms with Crippen molar-refractivity contribution in [3.05, 3.63) is 47.5 Å². The molecule has 0 spiro atoms. The van der Waals surface area contributed by atoms with Crippen LogP contribution in [0.15, 0.2) is 41.3 Å². The van der Waals surface area contributed by atoms with E-state index in [0.717, 1.165) is 5.56 Å². The molecule has 0 saturated carbocycles. The lowest BCUT2D eigenvalue weighted by Crippen LogP contribution is -2.13. The molecule has 0 aliphatic carbocycles. The summed E-state index contributed by atoms with van der Waals surface area (Å²) in [5.41, 5.74) is 1.47. The third kappa shape index (κ3) is 3.33. The van der Waals surface area contributed by atoms with Crippen LogP contribution in [0.1, 0.15) is 23.3 Å². The Balaban J connectivity index is 2.59. The van der Waals surface area contributed by atoms with Gasteiger partial charge >= 0.3 is 0 Å². The molecule has 130 valence electrons. The topological polar surface area (TPSA) is 61.8 Å². The van der Waals surface area contributed by atoms with Gasteiger partial charge in [0.25, 0.3) is 0 Å². The molecule has 0 amide bonds. The zero-order valence-corrected chi connectivity index (χ0v) is 15.3. The number of methoxy groups -OCH3 is 3. The second-order valence-electron chi connectivity index (χ2n) is 5.45. The van der Waals surface area contributed by atoms with Crippen molar-refractivity contribution < 1.29 is 22.6 Å². The molecule has 0 aromatic heterocycles. The Kier molecular flexibility index (Phi) is 5.39. The molecule has 1 unspecified atom stereocenters. The second-order valence-corrected chi connectivity index (χ2v) is 7.71. The molecule has 2 aromatic rings. The predicted octanol–water partition coefficient (Wildman–Crippen LogP) is 3.56.